The van der Waals surface area contributed by atoms with Gasteiger partial charge in [0.25, 0.3) is 0 Å². The summed E-state index contributed by atoms with van der Waals surface area (Å²) in [5.74, 6) is -1.03. The third kappa shape index (κ3) is 5.87. The number of methoxy groups -OCH3 is 1. The van der Waals surface area contributed by atoms with Gasteiger partial charge in [0.1, 0.15) is 36.6 Å². The molecule has 0 heterocycles. The van der Waals surface area contributed by atoms with Crippen molar-refractivity contribution in [3.05, 3.63) is 0 Å². The second kappa shape index (κ2) is 10.6. The largest absolute Gasteiger partial charge is 0.438 e. The molecule has 10 heteroatoms. The van der Waals surface area contributed by atoms with E-state index in [1.807, 2.05) is 0 Å². The Hall–Kier alpha value is -1.30. The molecule has 6 unspecified atom stereocenters. The van der Waals surface area contributed by atoms with Crippen LogP contribution < -0.4 is 0 Å². The van der Waals surface area contributed by atoms with Crippen LogP contribution in [0.25, 0.3) is 0 Å². The Labute approximate surface area is 145 Å². The van der Waals surface area contributed by atoms with Gasteiger partial charge in [-0.1, -0.05) is 13.8 Å². The number of hydrogen-bond donors (Lipinski definition) is 3. The molecule has 0 saturated heterocycles. The summed E-state index contributed by atoms with van der Waals surface area (Å²) < 4.78 is 25.1. The second-order valence-electron chi connectivity index (χ2n) is 5.41. The van der Waals surface area contributed by atoms with Crippen LogP contribution in [0.1, 0.15) is 26.7 Å². The SMILES string of the molecule is CCC(=O)OCOC1C(O)C(O)C(OC)C(O)C1OCOC(=O)CC. The van der Waals surface area contributed by atoms with Gasteiger partial charge in [0.15, 0.2) is 13.6 Å². The zero-order valence-electron chi connectivity index (χ0n) is 14.5. The number of hydrogen-bond acceptors (Lipinski definition) is 10. The molecule has 146 valence electrons. The van der Waals surface area contributed by atoms with Crippen molar-refractivity contribution in [1.29, 1.82) is 0 Å². The van der Waals surface area contributed by atoms with Gasteiger partial charge in [-0.25, -0.2) is 0 Å². The minimum absolute atomic E-state index is 0.139. The van der Waals surface area contributed by atoms with Crippen LogP contribution in [0.5, 0.6) is 0 Å². The number of esters is 2. The van der Waals surface area contributed by atoms with Gasteiger partial charge in [-0.05, 0) is 0 Å². The molecule has 1 aliphatic carbocycles. The topological polar surface area (TPSA) is 141 Å². The molecular formula is C15H26O10. The fourth-order valence-corrected chi connectivity index (χ4v) is 2.39. The minimum atomic E-state index is -1.49. The Kier molecular flexibility index (Phi) is 9.25. The smallest absolute Gasteiger partial charge is 0.307 e. The van der Waals surface area contributed by atoms with Crippen LogP contribution in [0.2, 0.25) is 0 Å². The molecule has 0 aromatic rings. The molecular weight excluding hydrogens is 340 g/mol. The Balaban J connectivity index is 2.77. The maximum atomic E-state index is 11.2. The highest BCUT2D eigenvalue weighted by molar-refractivity contribution is 5.69. The van der Waals surface area contributed by atoms with E-state index in [2.05, 4.69) is 0 Å². The van der Waals surface area contributed by atoms with Crippen molar-refractivity contribution in [2.24, 2.45) is 0 Å². The Bertz CT molecular complexity index is 429. The summed E-state index contributed by atoms with van der Waals surface area (Å²) in [5, 5.41) is 30.6. The van der Waals surface area contributed by atoms with Crippen molar-refractivity contribution in [2.75, 3.05) is 20.7 Å². The highest BCUT2D eigenvalue weighted by atomic mass is 16.7. The number of ether oxygens (including phenoxy) is 5. The van der Waals surface area contributed by atoms with E-state index in [1.165, 1.54) is 7.11 Å². The van der Waals surface area contributed by atoms with E-state index in [1.54, 1.807) is 13.8 Å². The second-order valence-corrected chi connectivity index (χ2v) is 5.41. The first-order chi connectivity index (χ1) is 11.9. The van der Waals surface area contributed by atoms with Crippen molar-refractivity contribution in [1.82, 2.24) is 0 Å². The monoisotopic (exact) mass is 366 g/mol. The predicted octanol–water partition coefficient (Wildman–Crippen LogP) is -1.31. The van der Waals surface area contributed by atoms with Crippen LogP contribution in [0, 0.1) is 0 Å². The summed E-state index contributed by atoms with van der Waals surface area (Å²) in [6.45, 7) is 2.22. The molecule has 6 atom stereocenters. The van der Waals surface area contributed by atoms with Gasteiger partial charge < -0.3 is 39.0 Å². The van der Waals surface area contributed by atoms with Crippen molar-refractivity contribution in [2.45, 2.75) is 63.3 Å². The van der Waals surface area contributed by atoms with E-state index < -0.39 is 62.1 Å². The van der Waals surface area contributed by atoms with Crippen molar-refractivity contribution in [3.8, 4) is 0 Å². The van der Waals surface area contributed by atoms with Crippen molar-refractivity contribution < 1.29 is 48.6 Å². The Morgan fingerprint density at radius 2 is 1.16 bits per heavy atom. The zero-order chi connectivity index (χ0) is 19.0. The summed E-state index contributed by atoms with van der Waals surface area (Å²) >= 11 is 0. The summed E-state index contributed by atoms with van der Waals surface area (Å²) in [4.78, 5) is 22.3. The lowest BCUT2D eigenvalue weighted by Crippen LogP contribution is -2.65. The summed E-state index contributed by atoms with van der Waals surface area (Å²) in [6, 6.07) is 0. The molecule has 25 heavy (non-hydrogen) atoms. The van der Waals surface area contributed by atoms with E-state index >= 15 is 0 Å². The fourth-order valence-electron chi connectivity index (χ4n) is 2.39. The molecule has 1 fully saturated rings. The lowest BCUT2D eigenvalue weighted by Gasteiger charge is -2.44. The summed E-state index contributed by atoms with van der Waals surface area (Å²) in [5.41, 5.74) is 0. The summed E-state index contributed by atoms with van der Waals surface area (Å²) in [7, 11) is 1.25. The van der Waals surface area contributed by atoms with E-state index in [9.17, 15) is 24.9 Å². The first-order valence-corrected chi connectivity index (χ1v) is 7.98. The first-order valence-electron chi connectivity index (χ1n) is 7.98. The number of aliphatic hydroxyl groups is 3. The lowest BCUT2D eigenvalue weighted by molar-refractivity contribution is -0.274. The molecule has 0 bridgehead atoms. The molecule has 3 N–H and O–H groups in total. The fraction of sp³-hybridized carbons (Fsp3) is 0.867. The number of aliphatic hydroxyl groups excluding tert-OH is 3. The third-order valence-corrected chi connectivity index (χ3v) is 3.83. The van der Waals surface area contributed by atoms with Gasteiger partial charge >= 0.3 is 11.9 Å². The van der Waals surface area contributed by atoms with Gasteiger partial charge in [-0.15, -0.1) is 0 Å². The molecule has 0 aliphatic heterocycles. The standard InChI is InChI=1S/C15H26O10/c1-4-8(16)22-6-24-14-11(19)10(18)13(21-3)12(20)15(14)25-7-23-9(17)5-2/h10-15,18-20H,4-7H2,1-3H3. The molecule has 1 aliphatic rings. The Morgan fingerprint density at radius 1 is 0.760 bits per heavy atom. The molecule has 10 nitrogen and oxygen atoms in total. The summed E-state index contributed by atoms with van der Waals surface area (Å²) in [6.07, 6.45) is -7.60. The van der Waals surface area contributed by atoms with Crippen LogP contribution in [0.4, 0.5) is 0 Å². The van der Waals surface area contributed by atoms with Crippen molar-refractivity contribution in [3.63, 3.8) is 0 Å². The normalized spacial score (nSPS) is 32.2. The molecule has 0 amide bonds. The molecule has 0 radical (unpaired) electrons. The lowest BCUT2D eigenvalue weighted by atomic mass is 9.84. The maximum absolute atomic E-state index is 11.2. The van der Waals surface area contributed by atoms with Gasteiger partial charge in [0, 0.05) is 20.0 Å². The Morgan fingerprint density at radius 3 is 1.56 bits per heavy atom. The van der Waals surface area contributed by atoms with Crippen LogP contribution >= 0.6 is 0 Å². The number of carbonyl (C=O) groups is 2. The van der Waals surface area contributed by atoms with E-state index in [0.717, 1.165) is 0 Å². The quantitative estimate of drug-likeness (QED) is 0.333. The maximum Gasteiger partial charge on any atom is 0.307 e. The van der Waals surface area contributed by atoms with Crippen molar-refractivity contribution >= 4 is 11.9 Å². The predicted molar refractivity (Wildman–Crippen MR) is 81.1 cm³/mol. The van der Waals surface area contributed by atoms with Gasteiger partial charge in [0.2, 0.25) is 0 Å². The van der Waals surface area contributed by atoms with E-state index in [4.69, 9.17) is 23.7 Å². The average molecular weight is 366 g/mol. The molecule has 0 aromatic carbocycles. The molecule has 0 spiro atoms. The zero-order valence-corrected chi connectivity index (χ0v) is 14.5. The highest BCUT2D eigenvalue weighted by Gasteiger charge is 2.51. The van der Waals surface area contributed by atoms with Crippen LogP contribution in [-0.2, 0) is 33.3 Å². The van der Waals surface area contributed by atoms with Crippen LogP contribution in [0.15, 0.2) is 0 Å². The van der Waals surface area contributed by atoms with Gasteiger partial charge in [-0.3, -0.25) is 9.59 Å². The molecule has 0 aromatic heterocycles. The minimum Gasteiger partial charge on any atom is -0.438 e. The van der Waals surface area contributed by atoms with Gasteiger partial charge in [0.05, 0.1) is 0 Å². The van der Waals surface area contributed by atoms with Gasteiger partial charge in [-0.2, -0.15) is 0 Å². The number of rotatable bonds is 9. The van der Waals surface area contributed by atoms with E-state index in [0.29, 0.717) is 0 Å². The number of carbonyl (C=O) groups excluding carboxylic acids is 2. The third-order valence-electron chi connectivity index (χ3n) is 3.83. The molecule has 1 rings (SSSR count). The average Bonchev–Trinajstić information content (AvgIpc) is 2.61. The highest BCUT2D eigenvalue weighted by Crippen LogP contribution is 2.28. The molecule has 1 saturated carbocycles. The van der Waals surface area contributed by atoms with E-state index in [-0.39, 0.29) is 12.8 Å². The van der Waals surface area contributed by atoms with Crippen LogP contribution in [-0.4, -0.2) is 84.6 Å². The van der Waals surface area contributed by atoms with Crippen LogP contribution in [0.3, 0.4) is 0 Å². The first kappa shape index (κ1) is 21.7.